The highest BCUT2D eigenvalue weighted by Gasteiger charge is 2.33. The van der Waals surface area contributed by atoms with Gasteiger partial charge in [-0.2, -0.15) is 13.2 Å². The molecule has 0 radical (unpaired) electrons. The Morgan fingerprint density at radius 3 is 2.44 bits per heavy atom. The van der Waals surface area contributed by atoms with E-state index in [0.717, 1.165) is 12.1 Å². The molecule has 0 bridgehead atoms. The number of nitrogens with one attached hydrogen (secondary N) is 2. The SMILES string of the molecule is CNCC(C)C(=O)N(C)CC(=O)Nc1ccc(Cl)c(C(F)(F)F)c1.Cl. The summed E-state index contributed by atoms with van der Waals surface area (Å²) in [5.74, 6) is -1.16. The van der Waals surface area contributed by atoms with Crippen LogP contribution in [0.3, 0.4) is 0 Å². The number of hydrogen-bond donors (Lipinski definition) is 2. The van der Waals surface area contributed by atoms with E-state index in [0.29, 0.717) is 6.54 Å². The van der Waals surface area contributed by atoms with Crippen molar-refractivity contribution in [1.82, 2.24) is 10.2 Å². The van der Waals surface area contributed by atoms with E-state index in [4.69, 9.17) is 11.6 Å². The largest absolute Gasteiger partial charge is 0.417 e. The van der Waals surface area contributed by atoms with Crippen molar-refractivity contribution in [3.63, 3.8) is 0 Å². The Labute approximate surface area is 155 Å². The molecule has 0 saturated carbocycles. The van der Waals surface area contributed by atoms with Crippen molar-refractivity contribution in [3.05, 3.63) is 28.8 Å². The molecular weight excluding hydrogens is 382 g/mol. The van der Waals surface area contributed by atoms with Gasteiger partial charge >= 0.3 is 6.18 Å². The summed E-state index contributed by atoms with van der Waals surface area (Å²) in [6.07, 6.45) is -4.62. The molecule has 0 fully saturated rings. The molecule has 0 aliphatic heterocycles. The third-order valence-corrected chi connectivity index (χ3v) is 3.57. The lowest BCUT2D eigenvalue weighted by molar-refractivity contribution is -0.137. The van der Waals surface area contributed by atoms with Crippen molar-refractivity contribution < 1.29 is 22.8 Å². The minimum absolute atomic E-state index is 0. The second-order valence-corrected chi connectivity index (χ2v) is 5.80. The molecule has 25 heavy (non-hydrogen) atoms. The topological polar surface area (TPSA) is 61.4 Å². The fourth-order valence-corrected chi connectivity index (χ4v) is 2.31. The zero-order valence-electron chi connectivity index (χ0n) is 13.9. The Morgan fingerprint density at radius 1 is 1.32 bits per heavy atom. The standard InChI is InChI=1S/C15H19ClF3N3O2.ClH/c1-9(7-20-2)14(24)22(3)8-13(23)21-10-4-5-12(16)11(6-10)15(17,18)19;/h4-6,9,20H,7-8H2,1-3H3,(H,21,23);1H. The molecule has 142 valence electrons. The van der Waals surface area contributed by atoms with E-state index >= 15 is 0 Å². The highest BCUT2D eigenvalue weighted by molar-refractivity contribution is 6.31. The fourth-order valence-electron chi connectivity index (χ4n) is 2.08. The van der Waals surface area contributed by atoms with Crippen LogP contribution in [0.25, 0.3) is 0 Å². The normalized spacial score (nSPS) is 12.1. The minimum atomic E-state index is -4.62. The molecule has 0 aromatic heterocycles. The number of halogens is 5. The molecule has 0 heterocycles. The van der Waals surface area contributed by atoms with Crippen LogP contribution in [0.1, 0.15) is 12.5 Å². The van der Waals surface area contributed by atoms with Crippen LogP contribution in [0.15, 0.2) is 18.2 Å². The number of carbonyl (C=O) groups is 2. The first kappa shape index (κ1) is 23.5. The first-order valence-corrected chi connectivity index (χ1v) is 7.50. The molecule has 1 atom stereocenters. The van der Waals surface area contributed by atoms with Gasteiger partial charge in [0.1, 0.15) is 0 Å². The summed E-state index contributed by atoms with van der Waals surface area (Å²) in [5.41, 5.74) is -1.07. The number of anilines is 1. The summed E-state index contributed by atoms with van der Waals surface area (Å²) in [6, 6.07) is 3.08. The zero-order valence-corrected chi connectivity index (χ0v) is 15.5. The van der Waals surface area contributed by atoms with Crippen molar-refractivity contribution in [2.24, 2.45) is 5.92 Å². The first-order chi connectivity index (χ1) is 11.1. The lowest BCUT2D eigenvalue weighted by Crippen LogP contribution is -2.40. The van der Waals surface area contributed by atoms with Crippen LogP contribution in [-0.4, -0.2) is 43.9 Å². The Hall–Kier alpha value is -1.51. The van der Waals surface area contributed by atoms with Gasteiger partial charge in [-0.15, -0.1) is 12.4 Å². The van der Waals surface area contributed by atoms with E-state index in [9.17, 15) is 22.8 Å². The molecule has 0 aliphatic carbocycles. The predicted molar refractivity (Wildman–Crippen MR) is 93.1 cm³/mol. The van der Waals surface area contributed by atoms with Crippen molar-refractivity contribution in [3.8, 4) is 0 Å². The van der Waals surface area contributed by atoms with Crippen LogP contribution >= 0.6 is 24.0 Å². The van der Waals surface area contributed by atoms with Crippen LogP contribution < -0.4 is 10.6 Å². The zero-order chi connectivity index (χ0) is 18.5. The van der Waals surface area contributed by atoms with Gasteiger partial charge in [-0.3, -0.25) is 9.59 Å². The van der Waals surface area contributed by atoms with Gasteiger partial charge < -0.3 is 15.5 Å². The fraction of sp³-hybridized carbons (Fsp3) is 0.467. The molecule has 1 rings (SSSR count). The molecule has 1 unspecified atom stereocenters. The Bertz CT molecular complexity index is 612. The molecule has 0 saturated heterocycles. The van der Waals surface area contributed by atoms with Gasteiger partial charge in [0.15, 0.2) is 0 Å². The van der Waals surface area contributed by atoms with Crippen molar-refractivity contribution in [2.45, 2.75) is 13.1 Å². The molecule has 10 heteroatoms. The van der Waals surface area contributed by atoms with Gasteiger partial charge in [0, 0.05) is 25.2 Å². The highest BCUT2D eigenvalue weighted by Crippen LogP contribution is 2.36. The van der Waals surface area contributed by atoms with E-state index in [1.807, 2.05) is 0 Å². The highest BCUT2D eigenvalue weighted by atomic mass is 35.5. The van der Waals surface area contributed by atoms with Gasteiger partial charge in [0.05, 0.1) is 17.1 Å². The Kier molecular flexibility index (Phi) is 9.24. The number of likely N-dealkylation sites (N-methyl/N-ethyl adjacent to an activating group) is 1. The van der Waals surface area contributed by atoms with Crippen molar-refractivity contribution >= 4 is 41.5 Å². The van der Waals surface area contributed by atoms with E-state index in [2.05, 4.69) is 10.6 Å². The Balaban J connectivity index is 0.00000576. The average Bonchev–Trinajstić information content (AvgIpc) is 2.47. The van der Waals surface area contributed by atoms with Gasteiger partial charge in [-0.05, 0) is 25.2 Å². The second-order valence-electron chi connectivity index (χ2n) is 5.39. The van der Waals surface area contributed by atoms with Crippen LogP contribution in [0, 0.1) is 5.92 Å². The minimum Gasteiger partial charge on any atom is -0.336 e. The molecule has 0 aliphatic rings. The number of benzene rings is 1. The number of amides is 2. The second kappa shape index (κ2) is 9.84. The summed E-state index contributed by atoms with van der Waals surface area (Å²) in [5, 5.41) is 4.74. The van der Waals surface area contributed by atoms with Crippen LogP contribution in [-0.2, 0) is 15.8 Å². The first-order valence-electron chi connectivity index (χ1n) is 7.12. The lowest BCUT2D eigenvalue weighted by Gasteiger charge is -2.21. The number of carbonyl (C=O) groups excluding carboxylic acids is 2. The van der Waals surface area contributed by atoms with Crippen LogP contribution in [0.5, 0.6) is 0 Å². The summed E-state index contributed by atoms with van der Waals surface area (Å²) in [4.78, 5) is 25.1. The molecule has 2 N–H and O–H groups in total. The summed E-state index contributed by atoms with van der Waals surface area (Å²) < 4.78 is 38.4. The van der Waals surface area contributed by atoms with Gasteiger partial charge in [-0.1, -0.05) is 18.5 Å². The summed E-state index contributed by atoms with van der Waals surface area (Å²) >= 11 is 5.52. The maximum Gasteiger partial charge on any atom is 0.417 e. The molecule has 0 spiro atoms. The molecular formula is C15H20Cl2F3N3O2. The number of alkyl halides is 3. The molecule has 1 aromatic carbocycles. The van der Waals surface area contributed by atoms with E-state index in [-0.39, 0.29) is 36.5 Å². The van der Waals surface area contributed by atoms with Crippen LogP contribution in [0.4, 0.5) is 18.9 Å². The number of hydrogen-bond acceptors (Lipinski definition) is 3. The van der Waals surface area contributed by atoms with Crippen LogP contribution in [0.2, 0.25) is 5.02 Å². The lowest BCUT2D eigenvalue weighted by atomic mass is 10.1. The van der Waals surface area contributed by atoms with Gasteiger partial charge in [0.2, 0.25) is 11.8 Å². The summed E-state index contributed by atoms with van der Waals surface area (Å²) in [7, 11) is 3.16. The third kappa shape index (κ3) is 7.09. The maximum atomic E-state index is 12.8. The number of nitrogens with zero attached hydrogens (tertiary/aromatic N) is 1. The van der Waals surface area contributed by atoms with Crippen molar-refractivity contribution in [2.75, 3.05) is 32.5 Å². The van der Waals surface area contributed by atoms with E-state index in [1.165, 1.54) is 18.0 Å². The number of rotatable bonds is 6. The molecule has 5 nitrogen and oxygen atoms in total. The smallest absolute Gasteiger partial charge is 0.336 e. The van der Waals surface area contributed by atoms with E-state index < -0.39 is 22.7 Å². The Morgan fingerprint density at radius 2 is 1.92 bits per heavy atom. The monoisotopic (exact) mass is 401 g/mol. The van der Waals surface area contributed by atoms with Crippen molar-refractivity contribution in [1.29, 1.82) is 0 Å². The quantitative estimate of drug-likeness (QED) is 0.769. The van der Waals surface area contributed by atoms with Gasteiger partial charge in [-0.25, -0.2) is 0 Å². The molecule has 2 amide bonds. The van der Waals surface area contributed by atoms with E-state index in [1.54, 1.807) is 14.0 Å². The predicted octanol–water partition coefficient (Wildman–Crippen LogP) is 3.03. The molecule has 1 aromatic rings. The third-order valence-electron chi connectivity index (χ3n) is 3.24. The van der Waals surface area contributed by atoms with Gasteiger partial charge in [0.25, 0.3) is 0 Å². The average molecular weight is 402 g/mol. The summed E-state index contributed by atoms with van der Waals surface area (Å²) in [6.45, 7) is 1.90. The maximum absolute atomic E-state index is 12.8.